The highest BCUT2D eigenvalue weighted by Crippen LogP contribution is 2.12. The summed E-state index contributed by atoms with van der Waals surface area (Å²) in [6.45, 7) is 4.57. The second-order valence-electron chi connectivity index (χ2n) is 6.64. The molecule has 0 bridgehead atoms. The maximum atomic E-state index is 2.42. The van der Waals surface area contributed by atoms with Crippen LogP contribution in [0.15, 0.2) is 12.2 Å². The van der Waals surface area contributed by atoms with Gasteiger partial charge in [0, 0.05) is 0 Å². The largest absolute Gasteiger partial charge is 0.0885 e. The summed E-state index contributed by atoms with van der Waals surface area (Å²) >= 11 is 0. The molecule has 0 nitrogen and oxygen atoms in total. The van der Waals surface area contributed by atoms with Crippen molar-refractivity contribution in [3.63, 3.8) is 0 Å². The van der Waals surface area contributed by atoms with E-state index >= 15 is 0 Å². The molecule has 0 heteroatoms. The van der Waals surface area contributed by atoms with Crippen LogP contribution in [0.25, 0.3) is 0 Å². The highest BCUT2D eigenvalue weighted by atomic mass is 14.0. The lowest BCUT2D eigenvalue weighted by Crippen LogP contribution is -1.82. The van der Waals surface area contributed by atoms with Crippen molar-refractivity contribution < 1.29 is 0 Å². The summed E-state index contributed by atoms with van der Waals surface area (Å²) < 4.78 is 0. The van der Waals surface area contributed by atoms with E-state index in [0.29, 0.717) is 0 Å². The zero-order chi connectivity index (χ0) is 15.4. The van der Waals surface area contributed by atoms with Gasteiger partial charge in [-0.15, -0.1) is 0 Å². The summed E-state index contributed by atoms with van der Waals surface area (Å²) in [6.07, 6.45) is 28.9. The van der Waals surface area contributed by atoms with E-state index in [-0.39, 0.29) is 0 Å². The lowest BCUT2D eigenvalue weighted by atomic mass is 10.1. The van der Waals surface area contributed by atoms with Crippen molar-refractivity contribution in [2.45, 2.75) is 123 Å². The minimum absolute atomic E-state index is 1.30. The van der Waals surface area contributed by atoms with Crippen LogP contribution in [0.5, 0.6) is 0 Å². The molecule has 0 N–H and O–H groups in total. The molecule has 21 heavy (non-hydrogen) atoms. The molecule has 0 saturated heterocycles. The first-order valence-corrected chi connectivity index (χ1v) is 10.1. The minimum atomic E-state index is 1.30. The van der Waals surface area contributed by atoms with Gasteiger partial charge in [0.05, 0.1) is 0 Å². The van der Waals surface area contributed by atoms with E-state index in [0.717, 1.165) is 0 Å². The Morgan fingerprint density at radius 2 is 0.667 bits per heavy atom. The van der Waals surface area contributed by atoms with Gasteiger partial charge >= 0.3 is 0 Å². The average Bonchev–Trinajstić information content (AvgIpc) is 2.50. The molecule has 0 saturated carbocycles. The smallest absolute Gasteiger partial charge is 0.0351 e. The Kier molecular flexibility index (Phi) is 19.5. The van der Waals surface area contributed by atoms with Crippen molar-refractivity contribution in [1.29, 1.82) is 0 Å². The van der Waals surface area contributed by atoms with Crippen molar-refractivity contribution in [3.8, 4) is 0 Å². The first kappa shape index (κ1) is 20.7. The molecule has 0 atom stereocenters. The maximum absolute atomic E-state index is 2.42. The molecule has 0 aliphatic carbocycles. The third-order valence-corrected chi connectivity index (χ3v) is 4.37. The van der Waals surface area contributed by atoms with Crippen LogP contribution in [0.1, 0.15) is 123 Å². The molecule has 0 heterocycles. The summed E-state index contributed by atoms with van der Waals surface area (Å²) in [5.41, 5.74) is 0. The van der Waals surface area contributed by atoms with Gasteiger partial charge in [0.15, 0.2) is 0 Å². The monoisotopic (exact) mass is 294 g/mol. The van der Waals surface area contributed by atoms with Gasteiger partial charge in [-0.2, -0.15) is 0 Å². The molecule has 0 rings (SSSR count). The standard InChI is InChI=1S/C21H42/c1-3-5-7-9-11-13-15-17-19-21-20-18-16-14-12-10-8-6-4-2/h13,15H,3-12,14,16-21H2,1-2H3/b15-13+. The first-order chi connectivity index (χ1) is 10.4. The Labute approximate surface area is 135 Å². The number of hydrogen-bond donors (Lipinski definition) is 0. The van der Waals surface area contributed by atoms with Crippen molar-refractivity contribution in [3.05, 3.63) is 12.2 Å². The zero-order valence-electron chi connectivity index (χ0n) is 15.2. The van der Waals surface area contributed by atoms with Crippen LogP contribution in [0.3, 0.4) is 0 Å². The molecular formula is C21H42. The fourth-order valence-electron chi connectivity index (χ4n) is 2.85. The predicted molar refractivity (Wildman–Crippen MR) is 99.0 cm³/mol. The zero-order valence-corrected chi connectivity index (χ0v) is 15.2. The number of rotatable bonds is 17. The third-order valence-electron chi connectivity index (χ3n) is 4.37. The number of unbranched alkanes of at least 4 members (excludes halogenated alkanes) is 15. The summed E-state index contributed by atoms with van der Waals surface area (Å²) in [4.78, 5) is 0. The van der Waals surface area contributed by atoms with E-state index in [1.54, 1.807) is 0 Å². The molecule has 0 aromatic rings. The molecule has 0 aliphatic rings. The van der Waals surface area contributed by atoms with Crippen LogP contribution in [-0.4, -0.2) is 0 Å². The van der Waals surface area contributed by atoms with Crippen molar-refractivity contribution in [2.24, 2.45) is 0 Å². The quantitative estimate of drug-likeness (QED) is 0.187. The fraction of sp³-hybridized carbons (Fsp3) is 0.905. The molecule has 0 fully saturated rings. The molecule has 0 aliphatic heterocycles. The summed E-state index contributed by atoms with van der Waals surface area (Å²) in [7, 11) is 0. The normalized spacial score (nSPS) is 11.5. The highest BCUT2D eigenvalue weighted by Gasteiger charge is 1.92. The molecule has 0 aromatic carbocycles. The van der Waals surface area contributed by atoms with E-state index < -0.39 is 0 Å². The van der Waals surface area contributed by atoms with Gasteiger partial charge in [-0.1, -0.05) is 109 Å². The molecule has 0 aromatic heterocycles. The van der Waals surface area contributed by atoms with Gasteiger partial charge in [-0.25, -0.2) is 0 Å². The Hall–Kier alpha value is -0.260. The second-order valence-corrected chi connectivity index (χ2v) is 6.64. The molecule has 0 unspecified atom stereocenters. The van der Waals surface area contributed by atoms with Crippen LogP contribution in [0.2, 0.25) is 0 Å². The summed E-state index contributed by atoms with van der Waals surface area (Å²) in [6, 6.07) is 0. The van der Waals surface area contributed by atoms with E-state index in [4.69, 9.17) is 0 Å². The van der Waals surface area contributed by atoms with Crippen LogP contribution in [-0.2, 0) is 0 Å². The Morgan fingerprint density at radius 1 is 0.381 bits per heavy atom. The van der Waals surface area contributed by atoms with Gasteiger partial charge in [-0.3, -0.25) is 0 Å². The van der Waals surface area contributed by atoms with Crippen LogP contribution in [0, 0.1) is 0 Å². The van der Waals surface area contributed by atoms with Gasteiger partial charge in [0.2, 0.25) is 0 Å². The van der Waals surface area contributed by atoms with Crippen LogP contribution < -0.4 is 0 Å². The van der Waals surface area contributed by atoms with Gasteiger partial charge < -0.3 is 0 Å². The Bertz CT molecular complexity index is 192. The van der Waals surface area contributed by atoms with E-state index in [9.17, 15) is 0 Å². The van der Waals surface area contributed by atoms with Crippen molar-refractivity contribution in [2.75, 3.05) is 0 Å². The minimum Gasteiger partial charge on any atom is -0.0885 e. The average molecular weight is 295 g/mol. The number of hydrogen-bond acceptors (Lipinski definition) is 0. The SMILES string of the molecule is CCCCCC/C=C/CCCCCCCCCCCCC. The molecule has 0 amide bonds. The van der Waals surface area contributed by atoms with E-state index in [1.807, 2.05) is 0 Å². The Morgan fingerprint density at radius 3 is 1.05 bits per heavy atom. The third kappa shape index (κ3) is 19.7. The molecular weight excluding hydrogens is 252 g/mol. The lowest BCUT2D eigenvalue weighted by molar-refractivity contribution is 0.550. The molecule has 126 valence electrons. The predicted octanol–water partition coefficient (Wildman–Crippen LogP) is 8.21. The Balaban J connectivity index is 3.00. The van der Waals surface area contributed by atoms with Gasteiger partial charge in [-0.05, 0) is 25.7 Å². The summed E-state index contributed by atoms with van der Waals surface area (Å²) in [5, 5.41) is 0. The van der Waals surface area contributed by atoms with Crippen molar-refractivity contribution in [1.82, 2.24) is 0 Å². The molecule has 0 radical (unpaired) electrons. The van der Waals surface area contributed by atoms with Crippen LogP contribution >= 0.6 is 0 Å². The summed E-state index contributed by atoms with van der Waals surface area (Å²) in [5.74, 6) is 0. The van der Waals surface area contributed by atoms with E-state index in [2.05, 4.69) is 26.0 Å². The highest BCUT2D eigenvalue weighted by molar-refractivity contribution is 4.81. The fourth-order valence-corrected chi connectivity index (χ4v) is 2.85. The van der Waals surface area contributed by atoms with E-state index in [1.165, 1.54) is 109 Å². The van der Waals surface area contributed by atoms with Crippen molar-refractivity contribution >= 4 is 0 Å². The lowest BCUT2D eigenvalue weighted by Gasteiger charge is -2.01. The number of allylic oxidation sites excluding steroid dienone is 2. The first-order valence-electron chi connectivity index (χ1n) is 10.1. The van der Waals surface area contributed by atoms with Gasteiger partial charge in [0.1, 0.15) is 0 Å². The van der Waals surface area contributed by atoms with Crippen LogP contribution in [0.4, 0.5) is 0 Å². The molecule has 0 spiro atoms. The topological polar surface area (TPSA) is 0 Å². The van der Waals surface area contributed by atoms with Gasteiger partial charge in [0.25, 0.3) is 0 Å². The maximum Gasteiger partial charge on any atom is -0.0351 e. The second kappa shape index (κ2) is 19.7.